The average Bonchev–Trinajstić information content (AvgIpc) is 2.91. The molecule has 0 saturated carbocycles. The summed E-state index contributed by atoms with van der Waals surface area (Å²) in [7, 11) is 0. The Morgan fingerprint density at radius 3 is 2.78 bits per heavy atom. The minimum Gasteiger partial charge on any atom is -0.356 e. The van der Waals surface area contributed by atoms with E-state index in [1.807, 2.05) is 42.0 Å². The van der Waals surface area contributed by atoms with Crippen molar-refractivity contribution in [1.82, 2.24) is 10.3 Å². The minimum absolute atomic E-state index is 0.114. The fourth-order valence-corrected chi connectivity index (χ4v) is 2.28. The van der Waals surface area contributed by atoms with Gasteiger partial charge in [-0.05, 0) is 12.0 Å². The van der Waals surface area contributed by atoms with Crippen molar-refractivity contribution in [1.29, 1.82) is 0 Å². The molecule has 0 saturated heterocycles. The second-order valence-corrected chi connectivity index (χ2v) is 5.02. The van der Waals surface area contributed by atoms with Gasteiger partial charge in [0.15, 0.2) is 0 Å². The summed E-state index contributed by atoms with van der Waals surface area (Å²) in [5.41, 5.74) is 3.02. The predicted octanol–water partition coefficient (Wildman–Crippen LogP) is 2.43. The number of hydrogen-bond acceptors (Lipinski definition) is 3. The smallest absolute Gasteiger partial charge is 0.220 e. The molecule has 2 aromatic rings. The van der Waals surface area contributed by atoms with Gasteiger partial charge in [-0.3, -0.25) is 9.78 Å². The van der Waals surface area contributed by atoms with Crippen LogP contribution in [0.5, 0.6) is 0 Å². The van der Waals surface area contributed by atoms with Crippen LogP contribution >= 0.6 is 11.3 Å². The summed E-state index contributed by atoms with van der Waals surface area (Å²) in [5.74, 6) is 0.114. The Balaban J connectivity index is 1.63. The third kappa shape index (κ3) is 4.30. The minimum atomic E-state index is 0.114. The molecule has 94 valence electrons. The molecule has 0 aliphatic heterocycles. The first-order valence-corrected chi connectivity index (χ1v) is 6.90. The van der Waals surface area contributed by atoms with Crippen molar-refractivity contribution in [3.8, 4) is 0 Å². The van der Waals surface area contributed by atoms with Crippen LogP contribution in [-0.2, 0) is 17.6 Å². The van der Waals surface area contributed by atoms with Crippen LogP contribution in [-0.4, -0.2) is 17.4 Å². The van der Waals surface area contributed by atoms with E-state index in [1.165, 1.54) is 10.4 Å². The van der Waals surface area contributed by atoms with Crippen LogP contribution in [0.25, 0.3) is 0 Å². The first-order valence-electron chi connectivity index (χ1n) is 6.02. The van der Waals surface area contributed by atoms with E-state index >= 15 is 0 Å². The number of benzene rings is 1. The number of aromatic nitrogens is 1. The third-order valence-electron chi connectivity index (χ3n) is 2.66. The van der Waals surface area contributed by atoms with E-state index in [0.29, 0.717) is 13.0 Å². The summed E-state index contributed by atoms with van der Waals surface area (Å²) in [6, 6.07) is 10.1. The number of rotatable bonds is 6. The normalized spacial score (nSPS) is 10.2. The SMILES string of the molecule is O=C(CCc1ccccc1)NCCc1cncs1. The number of aryl methyl sites for hydroxylation is 1. The van der Waals surface area contributed by atoms with Crippen molar-refractivity contribution in [2.75, 3.05) is 6.54 Å². The first kappa shape index (κ1) is 12.8. The van der Waals surface area contributed by atoms with Crippen LogP contribution in [0.2, 0.25) is 0 Å². The van der Waals surface area contributed by atoms with Gasteiger partial charge in [-0.2, -0.15) is 0 Å². The molecule has 4 heteroatoms. The molecule has 18 heavy (non-hydrogen) atoms. The van der Waals surface area contributed by atoms with Crippen LogP contribution in [0.15, 0.2) is 42.0 Å². The standard InChI is InChI=1S/C14H16N2OS/c17-14(7-6-12-4-2-1-3-5-12)16-9-8-13-10-15-11-18-13/h1-5,10-11H,6-9H2,(H,16,17). The number of nitrogens with zero attached hydrogens (tertiary/aromatic N) is 1. The monoisotopic (exact) mass is 260 g/mol. The maximum absolute atomic E-state index is 11.6. The number of carbonyl (C=O) groups is 1. The van der Waals surface area contributed by atoms with Crippen molar-refractivity contribution >= 4 is 17.2 Å². The van der Waals surface area contributed by atoms with Crippen LogP contribution in [0.4, 0.5) is 0 Å². The van der Waals surface area contributed by atoms with Gasteiger partial charge in [0.25, 0.3) is 0 Å². The highest BCUT2D eigenvalue weighted by Crippen LogP contribution is 2.05. The number of amides is 1. The highest BCUT2D eigenvalue weighted by molar-refractivity contribution is 7.09. The largest absolute Gasteiger partial charge is 0.356 e. The lowest BCUT2D eigenvalue weighted by Crippen LogP contribution is -2.25. The lowest BCUT2D eigenvalue weighted by Gasteiger charge is -2.04. The van der Waals surface area contributed by atoms with E-state index < -0.39 is 0 Å². The van der Waals surface area contributed by atoms with Crippen LogP contribution in [0, 0.1) is 0 Å². The van der Waals surface area contributed by atoms with Crippen LogP contribution in [0.3, 0.4) is 0 Å². The molecule has 1 aromatic heterocycles. The van der Waals surface area contributed by atoms with Gasteiger partial charge in [0.2, 0.25) is 5.91 Å². The number of hydrogen-bond donors (Lipinski definition) is 1. The second-order valence-electron chi connectivity index (χ2n) is 4.05. The summed E-state index contributed by atoms with van der Waals surface area (Å²) < 4.78 is 0. The fourth-order valence-electron chi connectivity index (χ4n) is 1.68. The average molecular weight is 260 g/mol. The first-order chi connectivity index (χ1) is 8.84. The molecule has 1 N–H and O–H groups in total. The van der Waals surface area contributed by atoms with Gasteiger partial charge in [-0.25, -0.2) is 0 Å². The zero-order valence-electron chi connectivity index (χ0n) is 10.1. The van der Waals surface area contributed by atoms with Gasteiger partial charge in [0, 0.05) is 30.5 Å². The van der Waals surface area contributed by atoms with E-state index in [2.05, 4.69) is 10.3 Å². The van der Waals surface area contributed by atoms with Crippen molar-refractivity contribution in [3.63, 3.8) is 0 Å². The molecule has 0 spiro atoms. The quantitative estimate of drug-likeness (QED) is 0.866. The van der Waals surface area contributed by atoms with Crippen LogP contribution in [0.1, 0.15) is 16.9 Å². The van der Waals surface area contributed by atoms with E-state index in [0.717, 1.165) is 12.8 Å². The molecule has 0 atom stereocenters. The lowest BCUT2D eigenvalue weighted by molar-refractivity contribution is -0.121. The number of carbonyl (C=O) groups excluding carboxylic acids is 1. The van der Waals surface area contributed by atoms with Gasteiger partial charge >= 0.3 is 0 Å². The molecule has 1 heterocycles. The molecular weight excluding hydrogens is 244 g/mol. The van der Waals surface area contributed by atoms with E-state index in [4.69, 9.17) is 0 Å². The molecule has 3 nitrogen and oxygen atoms in total. The van der Waals surface area contributed by atoms with Gasteiger partial charge in [0.1, 0.15) is 0 Å². The third-order valence-corrected chi connectivity index (χ3v) is 3.50. The van der Waals surface area contributed by atoms with Crippen LogP contribution < -0.4 is 5.32 Å². The Kier molecular flexibility index (Phi) is 4.90. The Labute approximate surface area is 111 Å². The molecule has 0 aliphatic carbocycles. The number of thiazole rings is 1. The molecule has 0 radical (unpaired) electrons. The zero-order valence-corrected chi connectivity index (χ0v) is 11.0. The molecule has 0 aliphatic rings. The maximum atomic E-state index is 11.6. The Morgan fingerprint density at radius 2 is 2.06 bits per heavy atom. The van der Waals surface area contributed by atoms with Gasteiger partial charge in [-0.1, -0.05) is 30.3 Å². The van der Waals surface area contributed by atoms with Crippen molar-refractivity contribution in [2.24, 2.45) is 0 Å². The van der Waals surface area contributed by atoms with E-state index in [9.17, 15) is 4.79 Å². The van der Waals surface area contributed by atoms with E-state index in [1.54, 1.807) is 11.3 Å². The molecule has 0 bridgehead atoms. The summed E-state index contributed by atoms with van der Waals surface area (Å²) in [4.78, 5) is 16.8. The number of nitrogens with one attached hydrogen (secondary N) is 1. The summed E-state index contributed by atoms with van der Waals surface area (Å²) >= 11 is 1.62. The molecule has 2 rings (SSSR count). The van der Waals surface area contributed by atoms with E-state index in [-0.39, 0.29) is 5.91 Å². The second kappa shape index (κ2) is 6.91. The van der Waals surface area contributed by atoms with Gasteiger partial charge in [-0.15, -0.1) is 11.3 Å². The van der Waals surface area contributed by atoms with Crippen molar-refractivity contribution in [2.45, 2.75) is 19.3 Å². The van der Waals surface area contributed by atoms with Gasteiger partial charge in [0.05, 0.1) is 5.51 Å². The molecule has 0 fully saturated rings. The molecule has 1 amide bonds. The zero-order chi connectivity index (χ0) is 12.6. The fraction of sp³-hybridized carbons (Fsp3) is 0.286. The summed E-state index contributed by atoms with van der Waals surface area (Å²) in [6.07, 6.45) is 4.06. The highest BCUT2D eigenvalue weighted by atomic mass is 32.1. The molecule has 1 aromatic carbocycles. The van der Waals surface area contributed by atoms with Gasteiger partial charge < -0.3 is 5.32 Å². The Bertz CT molecular complexity index is 468. The molecule has 0 unspecified atom stereocenters. The summed E-state index contributed by atoms with van der Waals surface area (Å²) in [6.45, 7) is 0.690. The lowest BCUT2D eigenvalue weighted by atomic mass is 10.1. The topological polar surface area (TPSA) is 42.0 Å². The Morgan fingerprint density at radius 1 is 1.22 bits per heavy atom. The predicted molar refractivity (Wildman–Crippen MR) is 73.6 cm³/mol. The maximum Gasteiger partial charge on any atom is 0.220 e. The van der Waals surface area contributed by atoms with Crippen molar-refractivity contribution < 1.29 is 4.79 Å². The van der Waals surface area contributed by atoms with Crippen molar-refractivity contribution in [3.05, 3.63) is 52.5 Å². The summed E-state index contributed by atoms with van der Waals surface area (Å²) in [5, 5.41) is 2.93. The highest BCUT2D eigenvalue weighted by Gasteiger charge is 2.02. The Hall–Kier alpha value is -1.68. The molecular formula is C14H16N2OS.